The Kier molecular flexibility index (Phi) is 3.62. The van der Waals surface area contributed by atoms with Crippen LogP contribution in [0.5, 0.6) is 5.75 Å². The van der Waals surface area contributed by atoms with E-state index in [-0.39, 0.29) is 5.82 Å². The topological polar surface area (TPSA) is 48.1 Å². The predicted octanol–water partition coefficient (Wildman–Crippen LogP) is 3.44. The number of nitrogens with two attached hydrogens (primary N) is 1. The highest BCUT2D eigenvalue weighted by molar-refractivity contribution is 7.21. The highest BCUT2D eigenvalue weighted by atomic mass is 32.1. The van der Waals surface area contributed by atoms with E-state index in [1.165, 1.54) is 12.1 Å². The van der Waals surface area contributed by atoms with E-state index in [1.807, 2.05) is 18.2 Å². The molecule has 3 rings (SSSR count). The molecule has 0 unspecified atom stereocenters. The van der Waals surface area contributed by atoms with Crippen molar-refractivity contribution in [1.82, 2.24) is 4.98 Å². The van der Waals surface area contributed by atoms with Crippen molar-refractivity contribution in [1.29, 1.82) is 0 Å². The Bertz CT molecular complexity index is 724. The fourth-order valence-electron chi connectivity index (χ4n) is 1.92. The second-order valence-corrected chi connectivity index (χ2v) is 5.30. The lowest BCUT2D eigenvalue weighted by molar-refractivity contribution is 0.331. The molecule has 102 valence electrons. The molecule has 1 aromatic heterocycles. The molecule has 0 atom stereocenters. The normalized spacial score (nSPS) is 10.9. The molecule has 0 aliphatic rings. The van der Waals surface area contributed by atoms with Gasteiger partial charge in [-0.3, -0.25) is 0 Å². The van der Waals surface area contributed by atoms with E-state index in [9.17, 15) is 4.39 Å². The molecular weight excluding hydrogens is 275 g/mol. The summed E-state index contributed by atoms with van der Waals surface area (Å²) in [5.74, 6) is 0.486. The number of thiazole rings is 1. The summed E-state index contributed by atoms with van der Waals surface area (Å²) in [6.45, 7) is 0.924. The Balaban J connectivity index is 2.03. The number of benzene rings is 2. The summed E-state index contributed by atoms with van der Waals surface area (Å²) in [5.41, 5.74) is 7.18. The van der Waals surface area contributed by atoms with E-state index in [1.54, 1.807) is 23.5 Å². The van der Waals surface area contributed by atoms with Crippen LogP contribution in [0, 0.1) is 5.82 Å². The lowest BCUT2D eigenvalue weighted by Crippen LogP contribution is -2.10. The van der Waals surface area contributed by atoms with Gasteiger partial charge >= 0.3 is 0 Å². The highest BCUT2D eigenvalue weighted by Crippen LogP contribution is 2.34. The quantitative estimate of drug-likeness (QED) is 0.800. The monoisotopic (exact) mass is 288 g/mol. The molecular formula is C15H13FN2OS. The number of halogens is 1. The maximum absolute atomic E-state index is 13.0. The second kappa shape index (κ2) is 5.56. The third-order valence-corrected chi connectivity index (χ3v) is 3.92. The van der Waals surface area contributed by atoms with Crippen molar-refractivity contribution < 1.29 is 9.13 Å². The second-order valence-electron chi connectivity index (χ2n) is 4.27. The minimum atomic E-state index is -0.248. The van der Waals surface area contributed by atoms with Gasteiger partial charge in [0, 0.05) is 12.1 Å². The molecule has 2 N–H and O–H groups in total. The maximum atomic E-state index is 13.0. The maximum Gasteiger partial charge on any atom is 0.146 e. The number of ether oxygens (including phenoxy) is 1. The number of rotatable bonds is 4. The molecule has 2 aromatic carbocycles. The zero-order valence-corrected chi connectivity index (χ0v) is 11.5. The van der Waals surface area contributed by atoms with Crippen LogP contribution in [0.25, 0.3) is 20.8 Å². The fourth-order valence-corrected chi connectivity index (χ4v) is 2.91. The van der Waals surface area contributed by atoms with Crippen LogP contribution >= 0.6 is 11.3 Å². The molecule has 20 heavy (non-hydrogen) atoms. The first kappa shape index (κ1) is 13.0. The molecule has 0 fully saturated rings. The van der Waals surface area contributed by atoms with Crippen LogP contribution < -0.4 is 10.5 Å². The van der Waals surface area contributed by atoms with Crippen molar-refractivity contribution in [2.75, 3.05) is 13.2 Å². The summed E-state index contributed by atoms with van der Waals surface area (Å²) in [6.07, 6.45) is 0. The van der Waals surface area contributed by atoms with Gasteiger partial charge in [-0.15, -0.1) is 11.3 Å². The van der Waals surface area contributed by atoms with Crippen LogP contribution in [0.1, 0.15) is 0 Å². The van der Waals surface area contributed by atoms with E-state index in [4.69, 9.17) is 10.5 Å². The third kappa shape index (κ3) is 2.50. The highest BCUT2D eigenvalue weighted by Gasteiger charge is 2.10. The molecule has 0 aliphatic heterocycles. The number of hydrogen-bond donors (Lipinski definition) is 1. The molecule has 0 aliphatic carbocycles. The smallest absolute Gasteiger partial charge is 0.146 e. The summed E-state index contributed by atoms with van der Waals surface area (Å²) in [5, 5.41) is 0.851. The van der Waals surface area contributed by atoms with Crippen LogP contribution in [0.2, 0.25) is 0 Å². The van der Waals surface area contributed by atoms with Crippen molar-refractivity contribution in [3.63, 3.8) is 0 Å². The predicted molar refractivity (Wildman–Crippen MR) is 79.6 cm³/mol. The standard InChI is InChI=1S/C15H13FN2OS/c16-11-6-4-10(5-7-11)15-18-14-12(19-9-8-17)2-1-3-13(14)20-15/h1-7H,8-9,17H2. The van der Waals surface area contributed by atoms with Crippen LogP contribution in [-0.4, -0.2) is 18.1 Å². The molecule has 3 nitrogen and oxygen atoms in total. The number of para-hydroxylation sites is 1. The molecule has 0 saturated carbocycles. The molecule has 0 spiro atoms. The number of hydrogen-bond acceptors (Lipinski definition) is 4. The van der Waals surface area contributed by atoms with Gasteiger partial charge in [-0.2, -0.15) is 0 Å². The number of aromatic nitrogens is 1. The van der Waals surface area contributed by atoms with Gasteiger partial charge in [-0.05, 0) is 36.4 Å². The van der Waals surface area contributed by atoms with Crippen LogP contribution in [0.4, 0.5) is 4.39 Å². The first-order valence-corrected chi connectivity index (χ1v) is 7.08. The van der Waals surface area contributed by atoms with Crippen molar-refractivity contribution in [2.24, 2.45) is 5.73 Å². The third-order valence-electron chi connectivity index (χ3n) is 2.85. The molecule has 5 heteroatoms. The average molecular weight is 288 g/mol. The number of fused-ring (bicyclic) bond motifs is 1. The first-order chi connectivity index (χ1) is 9.78. The van der Waals surface area contributed by atoms with Gasteiger partial charge in [0.2, 0.25) is 0 Å². The lowest BCUT2D eigenvalue weighted by atomic mass is 10.2. The molecule has 0 amide bonds. The van der Waals surface area contributed by atoms with Crippen molar-refractivity contribution >= 4 is 21.6 Å². The lowest BCUT2D eigenvalue weighted by Gasteiger charge is -2.03. The largest absolute Gasteiger partial charge is 0.490 e. The Morgan fingerprint density at radius 2 is 1.95 bits per heavy atom. The van der Waals surface area contributed by atoms with Gasteiger partial charge in [0.1, 0.15) is 28.7 Å². The Hall–Kier alpha value is -1.98. The number of nitrogens with zero attached hydrogens (tertiary/aromatic N) is 1. The zero-order chi connectivity index (χ0) is 13.9. The Morgan fingerprint density at radius 3 is 2.70 bits per heavy atom. The van der Waals surface area contributed by atoms with Crippen LogP contribution in [-0.2, 0) is 0 Å². The van der Waals surface area contributed by atoms with E-state index in [2.05, 4.69) is 4.98 Å². The SMILES string of the molecule is NCCOc1cccc2sc(-c3ccc(F)cc3)nc12. The van der Waals surface area contributed by atoms with Gasteiger partial charge in [-0.25, -0.2) is 9.37 Å². The van der Waals surface area contributed by atoms with Crippen LogP contribution in [0.3, 0.4) is 0 Å². The van der Waals surface area contributed by atoms with Crippen LogP contribution in [0.15, 0.2) is 42.5 Å². The van der Waals surface area contributed by atoms with E-state index < -0.39 is 0 Å². The molecule has 0 saturated heterocycles. The minimum absolute atomic E-state index is 0.248. The van der Waals surface area contributed by atoms with Crippen molar-refractivity contribution in [3.8, 4) is 16.3 Å². The Morgan fingerprint density at radius 1 is 1.15 bits per heavy atom. The van der Waals surface area contributed by atoms with Crippen molar-refractivity contribution in [3.05, 3.63) is 48.3 Å². The van der Waals surface area contributed by atoms with Gasteiger partial charge in [0.25, 0.3) is 0 Å². The zero-order valence-electron chi connectivity index (χ0n) is 10.7. The first-order valence-electron chi connectivity index (χ1n) is 6.26. The molecule has 0 bridgehead atoms. The summed E-state index contributed by atoms with van der Waals surface area (Å²) in [7, 11) is 0. The van der Waals surface area contributed by atoms with E-state index in [0.29, 0.717) is 13.2 Å². The molecule has 1 heterocycles. The molecule has 3 aromatic rings. The van der Waals surface area contributed by atoms with E-state index in [0.717, 1.165) is 26.5 Å². The summed E-state index contributed by atoms with van der Waals surface area (Å²) in [4.78, 5) is 4.60. The average Bonchev–Trinajstić information content (AvgIpc) is 2.90. The minimum Gasteiger partial charge on any atom is -0.490 e. The van der Waals surface area contributed by atoms with Gasteiger partial charge < -0.3 is 10.5 Å². The van der Waals surface area contributed by atoms with Gasteiger partial charge in [0.05, 0.1) is 4.70 Å². The van der Waals surface area contributed by atoms with E-state index >= 15 is 0 Å². The van der Waals surface area contributed by atoms with Gasteiger partial charge in [-0.1, -0.05) is 6.07 Å². The Labute approximate surface area is 119 Å². The summed E-state index contributed by atoms with van der Waals surface area (Å²) in [6, 6.07) is 12.1. The summed E-state index contributed by atoms with van der Waals surface area (Å²) < 4.78 is 19.6. The fraction of sp³-hybridized carbons (Fsp3) is 0.133. The van der Waals surface area contributed by atoms with Crippen molar-refractivity contribution in [2.45, 2.75) is 0 Å². The van der Waals surface area contributed by atoms with Gasteiger partial charge in [0.15, 0.2) is 0 Å². The summed E-state index contributed by atoms with van der Waals surface area (Å²) >= 11 is 1.56. The molecule has 0 radical (unpaired) electrons.